The molecule has 0 atom stereocenters. The molecule has 0 aliphatic carbocycles. The van der Waals surface area contributed by atoms with Crippen LogP contribution in [0.2, 0.25) is 0 Å². The number of urea groups is 1. The molecule has 7 heteroatoms. The molecule has 0 aromatic carbocycles. The molecule has 0 radical (unpaired) electrons. The van der Waals surface area contributed by atoms with Gasteiger partial charge in [0, 0.05) is 55.6 Å². The van der Waals surface area contributed by atoms with Crippen molar-refractivity contribution < 1.29 is 9.53 Å². The van der Waals surface area contributed by atoms with Gasteiger partial charge in [0.15, 0.2) is 0 Å². The second-order valence-corrected chi connectivity index (χ2v) is 6.28. The van der Waals surface area contributed by atoms with Gasteiger partial charge in [-0.2, -0.15) is 0 Å². The van der Waals surface area contributed by atoms with E-state index in [2.05, 4.69) is 20.6 Å². The number of pyridine rings is 1. The van der Waals surface area contributed by atoms with Crippen molar-refractivity contribution in [3.8, 4) is 10.6 Å². The molecule has 122 valence electrons. The molecule has 1 saturated heterocycles. The van der Waals surface area contributed by atoms with Crippen molar-refractivity contribution in [2.45, 2.75) is 25.3 Å². The van der Waals surface area contributed by atoms with Crippen LogP contribution in [0.4, 0.5) is 4.79 Å². The van der Waals surface area contributed by atoms with Gasteiger partial charge in [0.25, 0.3) is 0 Å². The summed E-state index contributed by atoms with van der Waals surface area (Å²) < 4.78 is 5.28. The van der Waals surface area contributed by atoms with E-state index < -0.39 is 0 Å². The normalized spacial score (nSPS) is 15.3. The lowest BCUT2D eigenvalue weighted by Gasteiger charge is -2.23. The van der Waals surface area contributed by atoms with Crippen molar-refractivity contribution in [3.05, 3.63) is 35.6 Å². The van der Waals surface area contributed by atoms with Crippen molar-refractivity contribution in [1.29, 1.82) is 0 Å². The minimum atomic E-state index is -0.111. The highest BCUT2D eigenvalue weighted by Crippen LogP contribution is 2.22. The highest BCUT2D eigenvalue weighted by molar-refractivity contribution is 7.13. The zero-order valence-electron chi connectivity index (χ0n) is 12.8. The first-order chi connectivity index (χ1) is 11.3. The van der Waals surface area contributed by atoms with Crippen LogP contribution in [-0.4, -0.2) is 41.8 Å². The summed E-state index contributed by atoms with van der Waals surface area (Å²) in [4.78, 5) is 20.5. The molecule has 3 rings (SSSR count). The lowest BCUT2D eigenvalue weighted by molar-refractivity contribution is 0.0801. The molecular weight excluding hydrogens is 312 g/mol. The highest BCUT2D eigenvalue weighted by atomic mass is 32.1. The van der Waals surface area contributed by atoms with Gasteiger partial charge in [-0.3, -0.25) is 4.98 Å². The van der Waals surface area contributed by atoms with Crippen LogP contribution in [0.25, 0.3) is 10.6 Å². The number of carbonyl (C=O) groups is 1. The zero-order valence-corrected chi connectivity index (χ0v) is 13.6. The van der Waals surface area contributed by atoms with Crippen molar-refractivity contribution in [3.63, 3.8) is 0 Å². The monoisotopic (exact) mass is 332 g/mol. The number of nitrogens with one attached hydrogen (secondary N) is 2. The second-order valence-electron chi connectivity index (χ2n) is 5.42. The average Bonchev–Trinajstić information content (AvgIpc) is 3.05. The maximum atomic E-state index is 11.8. The Morgan fingerprint density at radius 2 is 2.26 bits per heavy atom. The van der Waals surface area contributed by atoms with E-state index in [1.807, 2.05) is 23.7 Å². The summed E-state index contributed by atoms with van der Waals surface area (Å²) in [6.45, 7) is 2.02. The van der Waals surface area contributed by atoms with Crippen LogP contribution >= 0.6 is 11.3 Å². The highest BCUT2D eigenvalue weighted by Gasteiger charge is 2.15. The van der Waals surface area contributed by atoms with Gasteiger partial charge in [-0.15, -0.1) is 11.3 Å². The molecule has 0 spiro atoms. The minimum Gasteiger partial charge on any atom is -0.381 e. The third kappa shape index (κ3) is 4.74. The molecule has 1 aliphatic rings. The summed E-state index contributed by atoms with van der Waals surface area (Å²) >= 11 is 1.60. The first-order valence-corrected chi connectivity index (χ1v) is 8.66. The fourth-order valence-electron chi connectivity index (χ4n) is 2.43. The summed E-state index contributed by atoms with van der Waals surface area (Å²) in [6, 6.07) is 4.01. The molecule has 0 saturated carbocycles. The van der Waals surface area contributed by atoms with Crippen molar-refractivity contribution in [1.82, 2.24) is 20.6 Å². The number of hydrogen-bond acceptors (Lipinski definition) is 5. The number of amides is 2. The number of hydrogen-bond donors (Lipinski definition) is 2. The van der Waals surface area contributed by atoms with Gasteiger partial charge in [-0.25, -0.2) is 9.78 Å². The maximum absolute atomic E-state index is 11.8. The molecule has 2 N–H and O–H groups in total. The molecule has 2 aromatic rings. The molecular formula is C16H20N4O2S. The Kier molecular flexibility index (Phi) is 5.55. The first-order valence-electron chi connectivity index (χ1n) is 7.78. The van der Waals surface area contributed by atoms with Gasteiger partial charge in [-0.1, -0.05) is 0 Å². The van der Waals surface area contributed by atoms with Gasteiger partial charge in [-0.05, 0) is 25.0 Å². The topological polar surface area (TPSA) is 76.1 Å². The summed E-state index contributed by atoms with van der Waals surface area (Å²) in [5.74, 6) is 0. The Balaban J connectivity index is 1.42. The molecule has 2 aromatic heterocycles. The van der Waals surface area contributed by atoms with Gasteiger partial charge in [0.05, 0.1) is 5.69 Å². The quantitative estimate of drug-likeness (QED) is 0.880. The van der Waals surface area contributed by atoms with Gasteiger partial charge >= 0.3 is 6.03 Å². The number of rotatable bonds is 5. The maximum Gasteiger partial charge on any atom is 0.315 e. The molecule has 6 nitrogen and oxygen atoms in total. The smallest absolute Gasteiger partial charge is 0.315 e. The van der Waals surface area contributed by atoms with Crippen molar-refractivity contribution >= 4 is 17.4 Å². The molecule has 0 bridgehead atoms. The van der Waals surface area contributed by atoms with Crippen LogP contribution < -0.4 is 10.6 Å². The molecule has 1 aliphatic heterocycles. The summed E-state index contributed by atoms with van der Waals surface area (Å²) in [7, 11) is 0. The van der Waals surface area contributed by atoms with E-state index in [-0.39, 0.29) is 12.1 Å². The summed E-state index contributed by atoms with van der Waals surface area (Å²) in [5.41, 5.74) is 2.01. The van der Waals surface area contributed by atoms with E-state index in [9.17, 15) is 4.79 Å². The molecule has 23 heavy (non-hydrogen) atoms. The third-order valence-electron chi connectivity index (χ3n) is 3.68. The third-order valence-corrected chi connectivity index (χ3v) is 4.62. The van der Waals surface area contributed by atoms with Gasteiger partial charge < -0.3 is 15.4 Å². The van der Waals surface area contributed by atoms with E-state index in [0.717, 1.165) is 48.7 Å². The van der Waals surface area contributed by atoms with Gasteiger partial charge in [0.2, 0.25) is 0 Å². The predicted molar refractivity (Wildman–Crippen MR) is 89.4 cm³/mol. The predicted octanol–water partition coefficient (Wildman–Crippen LogP) is 2.23. The second kappa shape index (κ2) is 8.03. The lowest BCUT2D eigenvalue weighted by Crippen LogP contribution is -2.44. The molecule has 2 amide bonds. The Hall–Kier alpha value is -1.99. The Bertz CT molecular complexity index is 626. The fourth-order valence-corrected chi connectivity index (χ4v) is 3.27. The van der Waals surface area contributed by atoms with Crippen LogP contribution in [0.3, 0.4) is 0 Å². The zero-order chi connectivity index (χ0) is 15.9. The van der Waals surface area contributed by atoms with E-state index in [1.54, 1.807) is 17.5 Å². The van der Waals surface area contributed by atoms with Crippen molar-refractivity contribution in [2.24, 2.45) is 0 Å². The Morgan fingerprint density at radius 3 is 3.04 bits per heavy atom. The minimum absolute atomic E-state index is 0.111. The van der Waals surface area contributed by atoms with E-state index >= 15 is 0 Å². The fraction of sp³-hybridized carbons (Fsp3) is 0.438. The summed E-state index contributed by atoms with van der Waals surface area (Å²) in [6.07, 6.45) is 6.04. The first kappa shape index (κ1) is 15.9. The Labute approximate surface area is 139 Å². The average molecular weight is 332 g/mol. The van der Waals surface area contributed by atoms with E-state index in [4.69, 9.17) is 4.74 Å². The van der Waals surface area contributed by atoms with Crippen molar-refractivity contribution in [2.75, 3.05) is 19.8 Å². The van der Waals surface area contributed by atoms with Crippen LogP contribution in [-0.2, 0) is 11.2 Å². The summed E-state index contributed by atoms with van der Waals surface area (Å²) in [5, 5.41) is 8.86. The Morgan fingerprint density at radius 1 is 1.39 bits per heavy atom. The number of carbonyl (C=O) groups excluding carboxylic acids is 1. The number of aromatic nitrogens is 2. The van der Waals surface area contributed by atoms with Crippen LogP contribution in [0.15, 0.2) is 29.9 Å². The van der Waals surface area contributed by atoms with E-state index in [1.165, 1.54) is 0 Å². The van der Waals surface area contributed by atoms with E-state index in [0.29, 0.717) is 6.54 Å². The molecule has 1 fully saturated rings. The van der Waals surface area contributed by atoms with Crippen LogP contribution in [0.5, 0.6) is 0 Å². The standard InChI is InChI=1S/C16H20N4O2S/c21-16(20-13-4-8-22-9-5-13)18-7-3-14-11-23-15(19-14)12-2-1-6-17-10-12/h1-2,6,10-11,13H,3-5,7-9H2,(H2,18,20,21). The lowest BCUT2D eigenvalue weighted by atomic mass is 10.1. The molecule has 3 heterocycles. The number of ether oxygens (including phenoxy) is 1. The van der Waals surface area contributed by atoms with Gasteiger partial charge in [0.1, 0.15) is 5.01 Å². The number of nitrogens with zero attached hydrogens (tertiary/aromatic N) is 2. The SMILES string of the molecule is O=C(NCCc1csc(-c2cccnc2)n1)NC1CCOCC1. The largest absolute Gasteiger partial charge is 0.381 e. The van der Waals surface area contributed by atoms with Crippen LogP contribution in [0, 0.1) is 0 Å². The molecule has 0 unspecified atom stereocenters. The number of thiazole rings is 1. The van der Waals surface area contributed by atoms with Crippen LogP contribution in [0.1, 0.15) is 18.5 Å².